The molecule has 1 aromatic heterocycles. The monoisotopic (exact) mass is 503 g/mol. The van der Waals surface area contributed by atoms with E-state index in [0.717, 1.165) is 33.1 Å². The molecule has 0 saturated heterocycles. The van der Waals surface area contributed by atoms with Gasteiger partial charge in [-0.25, -0.2) is 4.68 Å². The number of anilines is 1. The van der Waals surface area contributed by atoms with Crippen molar-refractivity contribution < 1.29 is 18.0 Å². The number of rotatable bonds is 7. The number of carbonyl (C=O) groups excluding carboxylic acids is 1. The van der Waals surface area contributed by atoms with Crippen molar-refractivity contribution in [3.05, 3.63) is 75.6 Å². The first-order chi connectivity index (χ1) is 16.4. The Morgan fingerprint density at radius 1 is 1.11 bits per heavy atom. The van der Waals surface area contributed by atoms with E-state index in [1.54, 1.807) is 54.0 Å². The maximum Gasteiger partial charge on any atom is 0.471 e. The third-order valence-corrected chi connectivity index (χ3v) is 5.96. The highest BCUT2D eigenvalue weighted by Gasteiger charge is 2.42. The highest BCUT2D eigenvalue weighted by atomic mass is 35.5. The lowest BCUT2D eigenvalue weighted by Gasteiger charge is -2.25. The molecule has 0 bridgehead atoms. The number of amides is 1. The highest BCUT2D eigenvalue weighted by Crippen LogP contribution is 2.27. The van der Waals surface area contributed by atoms with Crippen LogP contribution in [0.5, 0.6) is 0 Å². The second kappa shape index (κ2) is 10.5. The second-order valence-corrected chi connectivity index (χ2v) is 8.85. The van der Waals surface area contributed by atoms with E-state index in [4.69, 9.17) is 16.9 Å². The second-order valence-electron chi connectivity index (χ2n) is 8.44. The Morgan fingerprint density at radius 3 is 2.31 bits per heavy atom. The molecule has 0 unspecified atom stereocenters. The number of alkyl halides is 3. The minimum absolute atomic E-state index is 0.0805. The van der Waals surface area contributed by atoms with Crippen LogP contribution in [0.2, 0.25) is 5.02 Å². The normalized spacial score (nSPS) is 11.5. The summed E-state index contributed by atoms with van der Waals surface area (Å²) in [5, 5.41) is 14.0. The van der Waals surface area contributed by atoms with Gasteiger partial charge in [0.05, 0.1) is 22.0 Å². The van der Waals surface area contributed by atoms with Crippen LogP contribution < -0.4 is 4.90 Å². The van der Waals surface area contributed by atoms with Gasteiger partial charge in [-0.3, -0.25) is 4.79 Å². The summed E-state index contributed by atoms with van der Waals surface area (Å²) < 4.78 is 41.2. The Labute approximate surface area is 207 Å². The number of hydrogen-bond acceptors (Lipinski definition) is 4. The average Bonchev–Trinajstić information content (AvgIpc) is 3.07. The first-order valence-electron chi connectivity index (χ1n) is 10.8. The Balaban J connectivity index is 1.86. The first kappa shape index (κ1) is 26.3. The quantitative estimate of drug-likeness (QED) is 0.452. The molecule has 1 amide bonds. The Morgan fingerprint density at radius 2 is 1.77 bits per heavy atom. The van der Waals surface area contributed by atoms with Gasteiger partial charge in [0.15, 0.2) is 0 Å². The van der Waals surface area contributed by atoms with Gasteiger partial charge in [-0.05, 0) is 63.8 Å². The zero-order chi connectivity index (χ0) is 25.9. The molecule has 0 radical (unpaired) electrons. The summed E-state index contributed by atoms with van der Waals surface area (Å²) >= 11 is 6.17. The van der Waals surface area contributed by atoms with E-state index in [0.29, 0.717) is 23.6 Å². The molecule has 0 atom stereocenters. The van der Waals surface area contributed by atoms with Gasteiger partial charge in [-0.1, -0.05) is 23.7 Å². The topological polar surface area (TPSA) is 65.2 Å². The molecule has 0 spiro atoms. The van der Waals surface area contributed by atoms with Crippen LogP contribution in [0.1, 0.15) is 28.1 Å². The third kappa shape index (κ3) is 6.02. The summed E-state index contributed by atoms with van der Waals surface area (Å²) in [7, 11) is 3.46. The number of halogens is 4. The Bertz CT molecular complexity index is 1260. The molecule has 10 heteroatoms. The van der Waals surface area contributed by atoms with Gasteiger partial charge >= 0.3 is 12.1 Å². The number of carbonyl (C=O) groups is 1. The molecular formula is C25H25ClF3N5O. The molecule has 184 valence electrons. The number of hydrogen-bond donors (Lipinski definition) is 0. The number of nitrogens with zero attached hydrogens (tertiary/aromatic N) is 5. The molecule has 1 heterocycles. The fourth-order valence-corrected chi connectivity index (χ4v) is 3.92. The lowest BCUT2D eigenvalue weighted by atomic mass is 10.0. The van der Waals surface area contributed by atoms with Gasteiger partial charge in [0, 0.05) is 36.5 Å². The van der Waals surface area contributed by atoms with Crippen LogP contribution in [0, 0.1) is 25.2 Å². The number of benzene rings is 2. The molecule has 0 saturated carbocycles. The van der Waals surface area contributed by atoms with Crippen LogP contribution >= 0.6 is 11.6 Å². The minimum atomic E-state index is -4.96. The molecule has 0 fully saturated rings. The van der Waals surface area contributed by atoms with Gasteiger partial charge < -0.3 is 9.80 Å². The van der Waals surface area contributed by atoms with Crippen molar-refractivity contribution in [1.29, 1.82) is 5.26 Å². The predicted molar refractivity (Wildman–Crippen MR) is 129 cm³/mol. The standard InChI is InChI=1S/C25H25ClF3N5O/c1-16-22(17(2)34(31-16)21-10-7-19(15-30)23(26)14-21)13-18-5-8-20(9-6-18)33(12-11-32(3)4)24(35)25(27,28)29/h5-10,14H,11-13H2,1-4H3. The predicted octanol–water partition coefficient (Wildman–Crippen LogP) is 5.06. The summed E-state index contributed by atoms with van der Waals surface area (Å²) in [5.41, 5.74) is 4.80. The summed E-state index contributed by atoms with van der Waals surface area (Å²) in [6.07, 6.45) is -4.45. The molecule has 0 aliphatic rings. The van der Waals surface area contributed by atoms with Crippen LogP contribution in [0.3, 0.4) is 0 Å². The van der Waals surface area contributed by atoms with E-state index in [1.165, 1.54) is 12.1 Å². The number of nitriles is 1. The van der Waals surface area contributed by atoms with Gasteiger partial charge in [-0.2, -0.15) is 23.5 Å². The van der Waals surface area contributed by atoms with Crippen molar-refractivity contribution in [3.63, 3.8) is 0 Å². The minimum Gasteiger partial charge on any atom is -0.308 e. The third-order valence-electron chi connectivity index (χ3n) is 5.65. The summed E-state index contributed by atoms with van der Waals surface area (Å²) in [4.78, 5) is 14.5. The van der Waals surface area contributed by atoms with Gasteiger partial charge in [0.25, 0.3) is 0 Å². The first-order valence-corrected chi connectivity index (χ1v) is 11.2. The zero-order valence-corrected chi connectivity index (χ0v) is 20.6. The van der Waals surface area contributed by atoms with E-state index in [1.807, 2.05) is 19.9 Å². The van der Waals surface area contributed by atoms with Gasteiger partial charge in [-0.15, -0.1) is 0 Å². The van der Waals surface area contributed by atoms with E-state index in [2.05, 4.69) is 5.10 Å². The molecule has 0 aliphatic heterocycles. The number of aryl methyl sites for hydroxylation is 1. The summed E-state index contributed by atoms with van der Waals surface area (Å²) in [5.74, 6) is -1.89. The van der Waals surface area contributed by atoms with Crippen molar-refractivity contribution >= 4 is 23.2 Å². The largest absolute Gasteiger partial charge is 0.471 e. The van der Waals surface area contributed by atoms with Crippen molar-refractivity contribution in [2.75, 3.05) is 32.1 Å². The van der Waals surface area contributed by atoms with Crippen molar-refractivity contribution in [2.24, 2.45) is 0 Å². The molecule has 2 aromatic carbocycles. The fourth-order valence-electron chi connectivity index (χ4n) is 3.71. The maximum atomic E-state index is 13.1. The molecular weight excluding hydrogens is 479 g/mol. The SMILES string of the molecule is Cc1nn(-c2ccc(C#N)c(Cl)c2)c(C)c1Cc1ccc(N(CCN(C)C)C(=O)C(F)(F)F)cc1. The molecule has 35 heavy (non-hydrogen) atoms. The maximum absolute atomic E-state index is 13.1. The lowest BCUT2D eigenvalue weighted by molar-refractivity contribution is -0.170. The van der Waals surface area contributed by atoms with Crippen LogP contribution in [-0.4, -0.2) is 53.9 Å². The van der Waals surface area contributed by atoms with E-state index in [-0.39, 0.29) is 12.2 Å². The van der Waals surface area contributed by atoms with E-state index >= 15 is 0 Å². The summed E-state index contributed by atoms with van der Waals surface area (Å²) in [6, 6.07) is 13.6. The molecule has 0 N–H and O–H groups in total. The van der Waals surface area contributed by atoms with Gasteiger partial charge in [0.1, 0.15) is 6.07 Å². The Kier molecular flexibility index (Phi) is 7.88. The number of likely N-dealkylation sites (N-methyl/N-ethyl adjacent to an activating group) is 1. The smallest absolute Gasteiger partial charge is 0.308 e. The molecule has 3 aromatic rings. The molecule has 0 aliphatic carbocycles. The van der Waals surface area contributed by atoms with Crippen molar-refractivity contribution in [3.8, 4) is 11.8 Å². The van der Waals surface area contributed by atoms with E-state index < -0.39 is 12.1 Å². The number of aromatic nitrogens is 2. The van der Waals surface area contributed by atoms with Crippen LogP contribution in [0.15, 0.2) is 42.5 Å². The average molecular weight is 504 g/mol. The molecule has 3 rings (SSSR count). The lowest BCUT2D eigenvalue weighted by Crippen LogP contribution is -2.44. The van der Waals surface area contributed by atoms with Crippen molar-refractivity contribution in [1.82, 2.24) is 14.7 Å². The highest BCUT2D eigenvalue weighted by molar-refractivity contribution is 6.31. The zero-order valence-electron chi connectivity index (χ0n) is 19.8. The molecule has 6 nitrogen and oxygen atoms in total. The summed E-state index contributed by atoms with van der Waals surface area (Å²) in [6.45, 7) is 4.01. The van der Waals surface area contributed by atoms with Crippen LogP contribution in [0.4, 0.5) is 18.9 Å². The van der Waals surface area contributed by atoms with Gasteiger partial charge in [0.2, 0.25) is 0 Å². The van der Waals surface area contributed by atoms with Crippen LogP contribution in [-0.2, 0) is 11.2 Å². The fraction of sp³-hybridized carbons (Fsp3) is 0.320. The van der Waals surface area contributed by atoms with Crippen molar-refractivity contribution in [2.45, 2.75) is 26.4 Å². The Hall–Kier alpha value is -3.35. The van der Waals surface area contributed by atoms with Crippen LogP contribution in [0.25, 0.3) is 5.69 Å². The van der Waals surface area contributed by atoms with E-state index in [9.17, 15) is 18.0 Å².